The van der Waals surface area contributed by atoms with Gasteiger partial charge in [0.15, 0.2) is 5.65 Å². The van der Waals surface area contributed by atoms with Gasteiger partial charge in [-0.25, -0.2) is 14.8 Å². The Kier molecular flexibility index (Phi) is 5.02. The van der Waals surface area contributed by atoms with Crippen LogP contribution in [-0.2, 0) is 0 Å². The van der Waals surface area contributed by atoms with Crippen molar-refractivity contribution in [3.8, 4) is 17.1 Å². The molecule has 3 heterocycles. The lowest BCUT2D eigenvalue weighted by molar-refractivity contribution is 0.203. The molecule has 1 saturated heterocycles. The molecule has 1 saturated carbocycles. The van der Waals surface area contributed by atoms with Crippen molar-refractivity contribution in [2.45, 2.75) is 44.2 Å². The van der Waals surface area contributed by atoms with Gasteiger partial charge in [0.1, 0.15) is 17.1 Å². The molecule has 2 fully saturated rings. The molecule has 2 amide bonds. The SMILES string of the molecule is COc1ccc(-c2nc3cccnc3n2[C@@H]2CCN(C(=O)NC3CCCC3)C2)cc1. The molecule has 0 spiro atoms. The lowest BCUT2D eigenvalue weighted by Crippen LogP contribution is -2.43. The Bertz CT molecular complexity index is 1040. The third kappa shape index (κ3) is 3.49. The fourth-order valence-electron chi connectivity index (χ4n) is 4.69. The molecule has 1 aliphatic carbocycles. The first kappa shape index (κ1) is 18.9. The number of imidazole rings is 1. The summed E-state index contributed by atoms with van der Waals surface area (Å²) in [6.07, 6.45) is 7.32. The summed E-state index contributed by atoms with van der Waals surface area (Å²) in [4.78, 5) is 24.2. The van der Waals surface area contributed by atoms with Gasteiger partial charge in [-0.3, -0.25) is 0 Å². The van der Waals surface area contributed by atoms with E-state index in [1.54, 1.807) is 13.3 Å². The molecule has 0 radical (unpaired) electrons. The van der Waals surface area contributed by atoms with Crippen LogP contribution in [0.15, 0.2) is 42.6 Å². The molecular formula is C23H27N5O2. The number of carbonyl (C=O) groups excluding carboxylic acids is 1. The Hall–Kier alpha value is -3.09. The number of nitrogens with zero attached hydrogens (tertiary/aromatic N) is 4. The van der Waals surface area contributed by atoms with Gasteiger partial charge in [-0.2, -0.15) is 0 Å². The predicted octanol–water partition coefficient (Wildman–Crippen LogP) is 4.01. The number of ether oxygens (including phenoxy) is 1. The Morgan fingerprint density at radius 3 is 2.70 bits per heavy atom. The largest absolute Gasteiger partial charge is 0.497 e. The number of nitrogens with one attached hydrogen (secondary N) is 1. The van der Waals surface area contributed by atoms with Crippen LogP contribution in [0.5, 0.6) is 5.75 Å². The molecule has 2 aromatic heterocycles. The first-order valence-corrected chi connectivity index (χ1v) is 10.8. The third-order valence-electron chi connectivity index (χ3n) is 6.30. The monoisotopic (exact) mass is 405 g/mol. The summed E-state index contributed by atoms with van der Waals surface area (Å²) in [5.74, 6) is 1.70. The Labute approximate surface area is 176 Å². The van der Waals surface area contributed by atoms with E-state index >= 15 is 0 Å². The molecule has 1 aromatic carbocycles. The number of hydrogen-bond acceptors (Lipinski definition) is 4. The number of carbonyl (C=O) groups is 1. The van der Waals surface area contributed by atoms with E-state index in [0.29, 0.717) is 12.6 Å². The maximum Gasteiger partial charge on any atom is 0.317 e. The summed E-state index contributed by atoms with van der Waals surface area (Å²) >= 11 is 0. The van der Waals surface area contributed by atoms with Crippen LogP contribution in [0.25, 0.3) is 22.6 Å². The molecule has 30 heavy (non-hydrogen) atoms. The van der Waals surface area contributed by atoms with Crippen molar-refractivity contribution < 1.29 is 9.53 Å². The average molecular weight is 406 g/mol. The highest BCUT2D eigenvalue weighted by molar-refractivity contribution is 5.78. The van der Waals surface area contributed by atoms with E-state index in [2.05, 4.69) is 14.9 Å². The van der Waals surface area contributed by atoms with Crippen molar-refractivity contribution in [2.75, 3.05) is 20.2 Å². The molecule has 156 valence electrons. The molecule has 3 aromatic rings. The van der Waals surface area contributed by atoms with E-state index in [0.717, 1.165) is 54.1 Å². The highest BCUT2D eigenvalue weighted by Gasteiger charge is 2.32. The van der Waals surface area contributed by atoms with E-state index in [1.807, 2.05) is 41.3 Å². The van der Waals surface area contributed by atoms with Crippen LogP contribution in [0.1, 0.15) is 38.1 Å². The number of amides is 2. The van der Waals surface area contributed by atoms with E-state index < -0.39 is 0 Å². The fourth-order valence-corrected chi connectivity index (χ4v) is 4.69. The fraction of sp³-hybridized carbons (Fsp3) is 0.435. The van der Waals surface area contributed by atoms with Gasteiger partial charge in [0.25, 0.3) is 0 Å². The number of rotatable bonds is 4. The Balaban J connectivity index is 1.44. The molecular weight excluding hydrogens is 378 g/mol. The van der Waals surface area contributed by atoms with Crippen molar-refractivity contribution in [3.05, 3.63) is 42.6 Å². The van der Waals surface area contributed by atoms with Crippen molar-refractivity contribution in [1.82, 2.24) is 24.8 Å². The summed E-state index contributed by atoms with van der Waals surface area (Å²) in [5.41, 5.74) is 2.76. The summed E-state index contributed by atoms with van der Waals surface area (Å²) < 4.78 is 7.51. The van der Waals surface area contributed by atoms with Gasteiger partial charge in [-0.1, -0.05) is 12.8 Å². The first-order chi connectivity index (χ1) is 14.7. The second kappa shape index (κ2) is 7.97. The van der Waals surface area contributed by atoms with Gasteiger partial charge in [-0.05, 0) is 55.7 Å². The molecule has 0 bridgehead atoms. The number of benzene rings is 1. The van der Waals surface area contributed by atoms with Crippen LogP contribution < -0.4 is 10.1 Å². The maximum absolute atomic E-state index is 12.8. The molecule has 0 unspecified atom stereocenters. The predicted molar refractivity (Wildman–Crippen MR) is 116 cm³/mol. The van der Waals surface area contributed by atoms with Crippen molar-refractivity contribution in [3.63, 3.8) is 0 Å². The number of urea groups is 1. The minimum absolute atomic E-state index is 0.0628. The highest BCUT2D eigenvalue weighted by Crippen LogP contribution is 2.33. The Morgan fingerprint density at radius 1 is 1.13 bits per heavy atom. The number of methoxy groups -OCH3 is 1. The van der Waals surface area contributed by atoms with E-state index in [9.17, 15) is 4.79 Å². The summed E-state index contributed by atoms with van der Waals surface area (Å²) in [6.45, 7) is 1.42. The Morgan fingerprint density at radius 2 is 1.93 bits per heavy atom. The van der Waals surface area contributed by atoms with Crippen LogP contribution in [0.4, 0.5) is 4.79 Å². The highest BCUT2D eigenvalue weighted by atomic mass is 16.5. The van der Waals surface area contributed by atoms with Gasteiger partial charge in [-0.15, -0.1) is 0 Å². The van der Waals surface area contributed by atoms with Gasteiger partial charge >= 0.3 is 6.03 Å². The van der Waals surface area contributed by atoms with Crippen LogP contribution in [0.3, 0.4) is 0 Å². The molecule has 7 nitrogen and oxygen atoms in total. The second-order valence-electron chi connectivity index (χ2n) is 8.20. The van der Waals surface area contributed by atoms with Crippen LogP contribution >= 0.6 is 0 Å². The number of fused-ring (bicyclic) bond motifs is 1. The zero-order valence-corrected chi connectivity index (χ0v) is 17.3. The summed E-state index contributed by atoms with van der Waals surface area (Å²) in [5, 5.41) is 3.22. The van der Waals surface area contributed by atoms with Crippen molar-refractivity contribution >= 4 is 17.2 Å². The van der Waals surface area contributed by atoms with E-state index in [-0.39, 0.29) is 12.1 Å². The quantitative estimate of drug-likeness (QED) is 0.712. The van der Waals surface area contributed by atoms with Crippen LogP contribution in [-0.4, -0.2) is 51.7 Å². The van der Waals surface area contributed by atoms with Crippen molar-refractivity contribution in [2.24, 2.45) is 0 Å². The number of pyridine rings is 1. The minimum atomic E-state index is 0.0628. The molecule has 7 heteroatoms. The first-order valence-electron chi connectivity index (χ1n) is 10.8. The van der Waals surface area contributed by atoms with Gasteiger partial charge < -0.3 is 19.5 Å². The van der Waals surface area contributed by atoms with Gasteiger partial charge in [0, 0.05) is 30.9 Å². The average Bonchev–Trinajstić information content (AvgIpc) is 3.53. The lowest BCUT2D eigenvalue weighted by Gasteiger charge is -2.21. The van der Waals surface area contributed by atoms with Crippen LogP contribution in [0.2, 0.25) is 0 Å². The van der Waals surface area contributed by atoms with Gasteiger partial charge in [0.05, 0.1) is 13.2 Å². The molecule has 2 aliphatic rings. The molecule has 1 atom stereocenters. The standard InChI is InChI=1S/C23H27N5O2/c1-30-19-10-8-16(9-11-19)21-26-20-7-4-13-24-22(20)28(21)18-12-14-27(15-18)23(29)25-17-5-2-3-6-17/h4,7-11,13,17-18H,2-3,5-6,12,14-15H2,1H3,(H,25,29)/t18-/m1/s1. The maximum atomic E-state index is 12.8. The zero-order chi connectivity index (χ0) is 20.5. The molecule has 1 aliphatic heterocycles. The normalized spacial score (nSPS) is 19.5. The number of aromatic nitrogens is 3. The van der Waals surface area contributed by atoms with Crippen molar-refractivity contribution in [1.29, 1.82) is 0 Å². The summed E-state index contributed by atoms with van der Waals surface area (Å²) in [7, 11) is 1.66. The van der Waals surface area contributed by atoms with E-state index in [1.165, 1.54) is 12.8 Å². The molecule has 1 N–H and O–H groups in total. The lowest BCUT2D eigenvalue weighted by atomic mass is 10.2. The van der Waals surface area contributed by atoms with E-state index in [4.69, 9.17) is 9.72 Å². The zero-order valence-electron chi connectivity index (χ0n) is 17.3. The third-order valence-corrected chi connectivity index (χ3v) is 6.30. The summed E-state index contributed by atoms with van der Waals surface area (Å²) in [6, 6.07) is 12.4. The topological polar surface area (TPSA) is 72.3 Å². The minimum Gasteiger partial charge on any atom is -0.497 e. The van der Waals surface area contributed by atoms with Gasteiger partial charge in [0.2, 0.25) is 0 Å². The molecule has 5 rings (SSSR count). The second-order valence-corrected chi connectivity index (χ2v) is 8.20. The number of likely N-dealkylation sites (tertiary alicyclic amines) is 1. The smallest absolute Gasteiger partial charge is 0.317 e. The number of hydrogen-bond donors (Lipinski definition) is 1. The van der Waals surface area contributed by atoms with Crippen LogP contribution in [0, 0.1) is 0 Å².